The summed E-state index contributed by atoms with van der Waals surface area (Å²) in [5.41, 5.74) is 10.5. The molecule has 2 aliphatic carbocycles. The minimum Gasteiger partial charge on any atom is -0.453 e. The topological polar surface area (TPSA) is 184 Å². The zero-order valence-electron chi connectivity index (χ0n) is 37.2. The van der Waals surface area contributed by atoms with Gasteiger partial charge in [0.2, 0.25) is 11.8 Å². The van der Waals surface area contributed by atoms with Crippen LogP contribution in [0.1, 0.15) is 94.7 Å². The van der Waals surface area contributed by atoms with Crippen molar-refractivity contribution >= 4 is 35.0 Å². The van der Waals surface area contributed by atoms with Crippen LogP contribution in [0.3, 0.4) is 0 Å². The predicted molar refractivity (Wildman–Crippen MR) is 239 cm³/mol. The van der Waals surface area contributed by atoms with Crippen molar-refractivity contribution in [3.8, 4) is 33.5 Å². The molecule has 64 heavy (non-hydrogen) atoms. The molecule has 4 fully saturated rings. The average molecular weight is 869 g/mol. The number of aromatic nitrogens is 4. The van der Waals surface area contributed by atoms with Gasteiger partial charge in [-0.05, 0) is 113 Å². The van der Waals surface area contributed by atoms with Crippen LogP contribution < -0.4 is 10.6 Å². The molecule has 4 N–H and O–H groups in total. The highest BCUT2D eigenvalue weighted by Crippen LogP contribution is 2.59. The van der Waals surface area contributed by atoms with E-state index in [-0.39, 0.29) is 46.6 Å². The van der Waals surface area contributed by atoms with Gasteiger partial charge in [0, 0.05) is 13.1 Å². The minimum atomic E-state index is -0.700. The number of alkyl carbamates (subject to hydrolysis) is 2. The SMILES string of the molecule is COC(=O)N[C@H](C(=O)N1CC2(CC2)C[C@H]1c1ncc(-c2ccc3c(c2)C2(COC2)c2cc(-c4ccc5nc([C@@H]6CCCN6C(=O)[C@@H](NC(=O)OC)C(C)C)[nH]c5c4)ccc2-3)[nH]1)C(C)C. The van der Waals surface area contributed by atoms with Crippen LogP contribution in [0.25, 0.3) is 44.5 Å². The molecule has 0 bridgehead atoms. The monoisotopic (exact) mass is 868 g/mol. The summed E-state index contributed by atoms with van der Waals surface area (Å²) in [5.74, 6) is 1.01. The average Bonchev–Trinajstić information content (AvgIpc) is 3.86. The minimum absolute atomic E-state index is 0.102. The first-order valence-electron chi connectivity index (χ1n) is 22.5. The zero-order valence-corrected chi connectivity index (χ0v) is 37.2. The van der Waals surface area contributed by atoms with Gasteiger partial charge in [-0.2, -0.15) is 0 Å². The Labute approximate surface area is 372 Å². The Bertz CT molecular complexity index is 2680. The van der Waals surface area contributed by atoms with Crippen LogP contribution in [0.4, 0.5) is 9.59 Å². The van der Waals surface area contributed by atoms with Gasteiger partial charge in [-0.25, -0.2) is 19.6 Å². The number of nitrogens with one attached hydrogen (secondary N) is 4. The summed E-state index contributed by atoms with van der Waals surface area (Å²) < 4.78 is 15.7. The molecule has 2 spiro atoms. The summed E-state index contributed by atoms with van der Waals surface area (Å²) in [4.78, 5) is 72.9. The van der Waals surface area contributed by atoms with Gasteiger partial charge in [0.15, 0.2) is 0 Å². The van der Waals surface area contributed by atoms with Crippen molar-refractivity contribution in [2.45, 2.75) is 89.4 Å². The van der Waals surface area contributed by atoms with E-state index in [1.807, 2.05) is 49.8 Å². The van der Waals surface area contributed by atoms with E-state index >= 15 is 0 Å². The smallest absolute Gasteiger partial charge is 0.407 e. The van der Waals surface area contributed by atoms with Crippen LogP contribution in [0, 0.1) is 17.3 Å². The number of hydrogen-bond donors (Lipinski definition) is 4. The lowest BCUT2D eigenvalue weighted by Gasteiger charge is -2.40. The molecule has 1 saturated carbocycles. The third-order valence-electron chi connectivity index (χ3n) is 14.5. The molecular formula is C49H56N8O7. The number of nitrogens with zero attached hydrogens (tertiary/aromatic N) is 4. The molecule has 15 heteroatoms. The fourth-order valence-electron chi connectivity index (χ4n) is 10.6. The van der Waals surface area contributed by atoms with E-state index < -0.39 is 24.3 Å². The number of carbonyl (C=O) groups is 4. The van der Waals surface area contributed by atoms with Crippen molar-refractivity contribution in [3.05, 3.63) is 83.6 Å². The van der Waals surface area contributed by atoms with Crippen molar-refractivity contribution in [2.24, 2.45) is 17.3 Å². The molecule has 3 saturated heterocycles. The number of carbonyl (C=O) groups excluding carboxylic acids is 4. The molecule has 10 rings (SSSR count). The number of ether oxygens (including phenoxy) is 3. The van der Waals surface area contributed by atoms with Gasteiger partial charge in [-0.3, -0.25) is 9.59 Å². The van der Waals surface area contributed by atoms with Crippen LogP contribution >= 0.6 is 0 Å². The van der Waals surface area contributed by atoms with Gasteiger partial charge < -0.3 is 44.6 Å². The second kappa shape index (κ2) is 15.8. The van der Waals surface area contributed by atoms with Crippen LogP contribution in [0.2, 0.25) is 0 Å². The molecule has 3 aromatic carbocycles. The van der Waals surface area contributed by atoms with Gasteiger partial charge in [-0.1, -0.05) is 58.0 Å². The number of imidazole rings is 2. The number of H-pyrrole nitrogens is 2. The largest absolute Gasteiger partial charge is 0.453 e. The fraction of sp³-hybridized carbons (Fsp3) is 0.469. The maximum Gasteiger partial charge on any atom is 0.407 e. The second-order valence-electron chi connectivity index (χ2n) is 19.2. The number of fused-ring (bicyclic) bond motifs is 6. The number of hydrogen-bond acceptors (Lipinski definition) is 9. The highest BCUT2D eigenvalue weighted by atomic mass is 16.5. The Kier molecular flexibility index (Phi) is 10.3. The summed E-state index contributed by atoms with van der Waals surface area (Å²) in [6, 6.07) is 17.7. The van der Waals surface area contributed by atoms with Crippen LogP contribution in [-0.4, -0.2) is 106 Å². The van der Waals surface area contributed by atoms with E-state index in [9.17, 15) is 19.2 Å². The van der Waals surface area contributed by atoms with Crippen molar-refractivity contribution < 1.29 is 33.4 Å². The summed E-state index contributed by atoms with van der Waals surface area (Å²) in [5, 5.41) is 5.50. The van der Waals surface area contributed by atoms with Crippen LogP contribution in [0.15, 0.2) is 60.8 Å². The predicted octanol–water partition coefficient (Wildman–Crippen LogP) is 7.40. The van der Waals surface area contributed by atoms with Crippen LogP contribution in [-0.2, 0) is 29.2 Å². The first-order valence-corrected chi connectivity index (χ1v) is 22.5. The Balaban J connectivity index is 0.900. The normalized spacial score (nSPS) is 20.9. The fourth-order valence-corrected chi connectivity index (χ4v) is 10.6. The van der Waals surface area contributed by atoms with Crippen LogP contribution in [0.5, 0.6) is 0 Å². The number of methoxy groups -OCH3 is 2. The van der Waals surface area contributed by atoms with Crippen molar-refractivity contribution in [2.75, 3.05) is 40.5 Å². The van der Waals surface area contributed by atoms with E-state index in [0.29, 0.717) is 26.3 Å². The number of aromatic amines is 2. The molecule has 4 atom stereocenters. The lowest BCUT2D eigenvalue weighted by molar-refractivity contribution is -0.136. The quantitative estimate of drug-likeness (QED) is 0.111. The number of likely N-dealkylation sites (tertiary alicyclic amines) is 2. The Morgan fingerprint density at radius 1 is 0.766 bits per heavy atom. The Morgan fingerprint density at radius 3 is 1.98 bits per heavy atom. The standard InChI is InChI=1S/C49H56N8O7/c1-26(2)40(54-46(60)62-5)44(58)56-17-7-8-38(56)43-51-35-14-11-29(20-36(35)52-43)28-9-12-31-32-13-10-30(19-34(32)49(24-64-25-49)33(31)18-28)37-22-50-42(53-37)39-21-48(15-16-48)23-57(39)45(59)41(27(3)4)55-47(61)63-6/h9-14,18-20,22,26-27,38-41H,7-8,15-17,21,23-25H2,1-6H3,(H,50,53)(H,51,52)(H,54,60)(H,55,61)/t38-,39-,40-,41-/m0/s1. The van der Waals surface area contributed by atoms with Crippen molar-refractivity contribution in [1.82, 2.24) is 40.4 Å². The van der Waals surface area contributed by atoms with Gasteiger partial charge >= 0.3 is 12.2 Å². The van der Waals surface area contributed by atoms with E-state index in [2.05, 4.69) is 69.1 Å². The van der Waals surface area contributed by atoms with Gasteiger partial charge in [0.1, 0.15) is 23.7 Å². The molecule has 334 valence electrons. The molecule has 5 aromatic rings. The molecule has 15 nitrogen and oxygen atoms in total. The maximum atomic E-state index is 14.1. The Hall–Kier alpha value is -6.22. The van der Waals surface area contributed by atoms with Crippen molar-refractivity contribution in [1.29, 1.82) is 0 Å². The summed E-state index contributed by atoms with van der Waals surface area (Å²) >= 11 is 0. The third kappa shape index (κ3) is 6.99. The third-order valence-corrected chi connectivity index (χ3v) is 14.5. The number of amides is 4. The first-order chi connectivity index (χ1) is 30.8. The molecule has 0 unspecified atom stereocenters. The van der Waals surface area contributed by atoms with E-state index in [0.717, 1.165) is 77.2 Å². The molecule has 3 aliphatic heterocycles. The molecule has 5 aliphatic rings. The second-order valence-corrected chi connectivity index (χ2v) is 19.2. The van der Waals surface area contributed by atoms with E-state index in [1.54, 1.807) is 0 Å². The highest BCUT2D eigenvalue weighted by Gasteiger charge is 2.55. The summed E-state index contributed by atoms with van der Waals surface area (Å²) in [6.07, 6.45) is 5.24. The lowest BCUT2D eigenvalue weighted by Crippen LogP contribution is -2.51. The van der Waals surface area contributed by atoms with Gasteiger partial charge in [0.05, 0.1) is 67.9 Å². The van der Waals surface area contributed by atoms with Gasteiger partial charge in [0.25, 0.3) is 0 Å². The molecule has 4 amide bonds. The van der Waals surface area contributed by atoms with E-state index in [1.165, 1.54) is 36.5 Å². The molecule has 2 aromatic heterocycles. The molecule has 5 heterocycles. The van der Waals surface area contributed by atoms with Gasteiger partial charge in [-0.15, -0.1) is 0 Å². The molecule has 0 radical (unpaired) electrons. The number of rotatable bonds is 10. The lowest BCUT2D eigenvalue weighted by atomic mass is 9.75. The van der Waals surface area contributed by atoms with E-state index in [4.69, 9.17) is 24.2 Å². The maximum absolute atomic E-state index is 14.1. The summed E-state index contributed by atoms with van der Waals surface area (Å²) in [6.45, 7) is 10.1. The first kappa shape index (κ1) is 41.8. The highest BCUT2D eigenvalue weighted by molar-refractivity contribution is 5.90. The Morgan fingerprint density at radius 2 is 1.38 bits per heavy atom. The van der Waals surface area contributed by atoms with Crippen molar-refractivity contribution in [3.63, 3.8) is 0 Å². The summed E-state index contributed by atoms with van der Waals surface area (Å²) in [7, 11) is 2.61. The molecular weight excluding hydrogens is 813 g/mol. The number of benzene rings is 3. The zero-order chi connectivity index (χ0) is 44.7.